The number of rotatable bonds is 12. The summed E-state index contributed by atoms with van der Waals surface area (Å²) >= 11 is 0. The quantitative estimate of drug-likeness (QED) is 0.436. The number of para-hydroxylation sites is 1. The molecule has 2 aromatic rings. The van der Waals surface area contributed by atoms with Gasteiger partial charge in [-0.05, 0) is 55.2 Å². The van der Waals surface area contributed by atoms with Crippen LogP contribution in [0.3, 0.4) is 0 Å². The molecule has 134 valence electrons. The van der Waals surface area contributed by atoms with Crippen molar-refractivity contribution in [3.63, 3.8) is 0 Å². The van der Waals surface area contributed by atoms with Crippen LogP contribution in [0.1, 0.15) is 83.2 Å². The van der Waals surface area contributed by atoms with E-state index in [1.165, 1.54) is 74.4 Å². The highest BCUT2D eigenvalue weighted by Crippen LogP contribution is 2.29. The second kappa shape index (κ2) is 10.6. The number of nitrogens with two attached hydrogens (primary N) is 1. The molecule has 2 nitrogen and oxygen atoms in total. The Hall–Kier alpha value is -1.28. The van der Waals surface area contributed by atoms with Gasteiger partial charge in [-0.2, -0.15) is 0 Å². The Bertz CT molecular complexity index is 529. The molecule has 0 aliphatic heterocycles. The lowest BCUT2D eigenvalue weighted by atomic mass is 9.88. The number of benzene rings is 1. The molecular weight excluding hydrogens is 292 g/mol. The molecule has 0 aliphatic rings. The van der Waals surface area contributed by atoms with Gasteiger partial charge < -0.3 is 10.7 Å². The molecule has 0 aliphatic carbocycles. The Morgan fingerprint density at radius 1 is 0.958 bits per heavy atom. The van der Waals surface area contributed by atoms with Gasteiger partial charge in [0.1, 0.15) is 0 Å². The first-order chi connectivity index (χ1) is 11.7. The largest absolute Gasteiger partial charge is 0.358 e. The van der Waals surface area contributed by atoms with Gasteiger partial charge in [0, 0.05) is 11.2 Å². The van der Waals surface area contributed by atoms with Crippen LogP contribution < -0.4 is 5.73 Å². The van der Waals surface area contributed by atoms with Gasteiger partial charge in [-0.3, -0.25) is 0 Å². The lowest BCUT2D eigenvalue weighted by Gasteiger charge is -2.19. The van der Waals surface area contributed by atoms with Crippen LogP contribution in [0.15, 0.2) is 30.3 Å². The average Bonchev–Trinajstić information content (AvgIpc) is 3.03. The highest BCUT2D eigenvalue weighted by atomic mass is 14.7. The molecule has 1 aromatic carbocycles. The van der Waals surface area contributed by atoms with Crippen LogP contribution in [-0.4, -0.2) is 11.5 Å². The van der Waals surface area contributed by atoms with Gasteiger partial charge in [0.15, 0.2) is 0 Å². The number of unbranched alkanes of at least 4 members (excludes halogenated alkanes) is 3. The predicted octanol–water partition coefficient (Wildman–Crippen LogP) is 6.38. The van der Waals surface area contributed by atoms with E-state index < -0.39 is 0 Å². The van der Waals surface area contributed by atoms with Crippen molar-refractivity contribution in [3.05, 3.63) is 36.0 Å². The molecule has 0 spiro atoms. The zero-order chi connectivity index (χ0) is 17.2. The fraction of sp³-hybridized carbons (Fsp3) is 0.636. The van der Waals surface area contributed by atoms with Crippen molar-refractivity contribution in [2.45, 2.75) is 77.6 Å². The van der Waals surface area contributed by atoms with E-state index in [-0.39, 0.29) is 0 Å². The standard InChI is InChI=1S/C22H36N2/c1-3-4-5-10-19(11-8-9-16-23)15-14-18(2)22-17-20-12-6-7-13-21(20)24-22/h6-7,12-13,17-19,24H,3-5,8-11,14-16,23H2,1-2H3. The molecule has 1 heterocycles. The van der Waals surface area contributed by atoms with Gasteiger partial charge in [-0.25, -0.2) is 0 Å². The summed E-state index contributed by atoms with van der Waals surface area (Å²) in [6.07, 6.45) is 12.0. The van der Waals surface area contributed by atoms with E-state index >= 15 is 0 Å². The van der Waals surface area contributed by atoms with Crippen molar-refractivity contribution in [3.8, 4) is 0 Å². The first kappa shape index (κ1) is 19.1. The van der Waals surface area contributed by atoms with Crippen LogP contribution in [-0.2, 0) is 0 Å². The number of hydrogen-bond donors (Lipinski definition) is 2. The summed E-state index contributed by atoms with van der Waals surface area (Å²) in [7, 11) is 0. The van der Waals surface area contributed by atoms with Crippen molar-refractivity contribution in [2.75, 3.05) is 6.54 Å². The molecule has 0 saturated heterocycles. The maximum atomic E-state index is 5.67. The Morgan fingerprint density at radius 2 is 1.71 bits per heavy atom. The molecule has 24 heavy (non-hydrogen) atoms. The van der Waals surface area contributed by atoms with Crippen LogP contribution in [0.2, 0.25) is 0 Å². The van der Waals surface area contributed by atoms with Gasteiger partial charge in [-0.1, -0.05) is 70.6 Å². The third kappa shape index (κ3) is 5.98. The topological polar surface area (TPSA) is 41.8 Å². The highest BCUT2D eigenvalue weighted by molar-refractivity contribution is 5.80. The van der Waals surface area contributed by atoms with Gasteiger partial charge >= 0.3 is 0 Å². The summed E-state index contributed by atoms with van der Waals surface area (Å²) in [5, 5.41) is 1.33. The fourth-order valence-electron chi connectivity index (χ4n) is 3.70. The fourth-order valence-corrected chi connectivity index (χ4v) is 3.70. The molecule has 0 bridgehead atoms. The van der Waals surface area contributed by atoms with E-state index in [4.69, 9.17) is 5.73 Å². The summed E-state index contributed by atoms with van der Waals surface area (Å²) in [4.78, 5) is 3.61. The molecule has 0 saturated carbocycles. The highest BCUT2D eigenvalue weighted by Gasteiger charge is 2.13. The molecule has 2 heteroatoms. The van der Waals surface area contributed by atoms with E-state index in [1.54, 1.807) is 0 Å². The number of nitrogens with one attached hydrogen (secondary N) is 1. The summed E-state index contributed by atoms with van der Waals surface area (Å²) in [6.45, 7) is 5.50. The van der Waals surface area contributed by atoms with Gasteiger partial charge in [0.2, 0.25) is 0 Å². The number of aromatic amines is 1. The molecule has 2 atom stereocenters. The summed E-state index contributed by atoms with van der Waals surface area (Å²) in [5.41, 5.74) is 8.33. The van der Waals surface area contributed by atoms with Crippen LogP contribution >= 0.6 is 0 Å². The van der Waals surface area contributed by atoms with Crippen molar-refractivity contribution in [1.29, 1.82) is 0 Å². The lowest BCUT2D eigenvalue weighted by Crippen LogP contribution is -2.06. The smallest absolute Gasteiger partial charge is 0.0456 e. The second-order valence-electron chi connectivity index (χ2n) is 7.44. The summed E-state index contributed by atoms with van der Waals surface area (Å²) in [5.74, 6) is 1.50. The van der Waals surface area contributed by atoms with Crippen LogP contribution in [0.25, 0.3) is 10.9 Å². The normalized spacial score (nSPS) is 14.1. The van der Waals surface area contributed by atoms with E-state index in [0.29, 0.717) is 5.92 Å². The minimum atomic E-state index is 0.612. The van der Waals surface area contributed by atoms with E-state index in [2.05, 4.69) is 49.2 Å². The minimum absolute atomic E-state index is 0.612. The van der Waals surface area contributed by atoms with Gasteiger partial charge in [-0.15, -0.1) is 0 Å². The molecule has 2 rings (SSSR count). The van der Waals surface area contributed by atoms with Gasteiger partial charge in [0.05, 0.1) is 0 Å². The third-order valence-corrected chi connectivity index (χ3v) is 5.37. The minimum Gasteiger partial charge on any atom is -0.358 e. The SMILES string of the molecule is CCCCCC(CCCCN)CCC(C)c1cc2ccccc2[nH]1. The van der Waals surface area contributed by atoms with Crippen LogP contribution in [0.5, 0.6) is 0 Å². The molecule has 0 radical (unpaired) electrons. The second-order valence-corrected chi connectivity index (χ2v) is 7.44. The summed E-state index contributed by atoms with van der Waals surface area (Å²) < 4.78 is 0. The number of H-pyrrole nitrogens is 1. The Kier molecular flexibility index (Phi) is 8.38. The van der Waals surface area contributed by atoms with E-state index in [0.717, 1.165) is 12.5 Å². The molecule has 3 N–H and O–H groups in total. The van der Waals surface area contributed by atoms with Crippen LogP contribution in [0, 0.1) is 5.92 Å². The number of aromatic nitrogens is 1. The average molecular weight is 329 g/mol. The first-order valence-corrected chi connectivity index (χ1v) is 10.0. The molecule has 1 aromatic heterocycles. The zero-order valence-corrected chi connectivity index (χ0v) is 15.7. The van der Waals surface area contributed by atoms with Crippen molar-refractivity contribution >= 4 is 10.9 Å². The lowest BCUT2D eigenvalue weighted by molar-refractivity contribution is 0.368. The van der Waals surface area contributed by atoms with E-state index in [9.17, 15) is 0 Å². The Balaban J connectivity index is 1.85. The Morgan fingerprint density at radius 3 is 2.42 bits per heavy atom. The van der Waals surface area contributed by atoms with E-state index in [1.807, 2.05) is 0 Å². The molecule has 2 unspecified atom stereocenters. The predicted molar refractivity (Wildman–Crippen MR) is 106 cm³/mol. The van der Waals surface area contributed by atoms with Gasteiger partial charge in [0.25, 0.3) is 0 Å². The maximum Gasteiger partial charge on any atom is 0.0456 e. The molecule has 0 fully saturated rings. The zero-order valence-electron chi connectivity index (χ0n) is 15.7. The molecule has 0 amide bonds. The molecular formula is C22H36N2. The van der Waals surface area contributed by atoms with Crippen LogP contribution in [0.4, 0.5) is 0 Å². The monoisotopic (exact) mass is 328 g/mol. The third-order valence-electron chi connectivity index (χ3n) is 5.37. The number of hydrogen-bond acceptors (Lipinski definition) is 1. The number of fused-ring (bicyclic) bond motifs is 1. The maximum absolute atomic E-state index is 5.67. The van der Waals surface area contributed by atoms with Crippen molar-refractivity contribution in [1.82, 2.24) is 4.98 Å². The summed E-state index contributed by atoms with van der Waals surface area (Å²) in [6, 6.07) is 10.9. The first-order valence-electron chi connectivity index (χ1n) is 10.0. The Labute approximate surface area is 148 Å². The van der Waals surface area contributed by atoms with Crippen molar-refractivity contribution < 1.29 is 0 Å². The van der Waals surface area contributed by atoms with Crippen molar-refractivity contribution in [2.24, 2.45) is 11.7 Å².